The minimum Gasteiger partial charge on any atom is -0.396 e. The highest BCUT2D eigenvalue weighted by molar-refractivity contribution is 4.60. The molecule has 0 aliphatic carbocycles. The van der Waals surface area contributed by atoms with Crippen LogP contribution >= 0.6 is 0 Å². The lowest BCUT2D eigenvalue weighted by Crippen LogP contribution is -2.09. The third kappa shape index (κ3) is 5.25. The van der Waals surface area contributed by atoms with Crippen molar-refractivity contribution in [3.05, 3.63) is 0 Å². The number of hydrogen-bond donors (Lipinski definition) is 1. The SMILES string of the molecule is CCC[C@H](C)C[C@@H](CC)CO. The molecule has 0 aliphatic rings. The molecule has 0 aromatic rings. The van der Waals surface area contributed by atoms with Crippen LogP contribution in [0.3, 0.4) is 0 Å². The van der Waals surface area contributed by atoms with Crippen molar-refractivity contribution in [2.45, 2.75) is 46.5 Å². The Balaban J connectivity index is 3.44. The molecule has 1 heteroatoms. The maximum Gasteiger partial charge on any atom is 0.0459 e. The van der Waals surface area contributed by atoms with Crippen molar-refractivity contribution in [3.8, 4) is 0 Å². The minimum absolute atomic E-state index is 0.366. The van der Waals surface area contributed by atoms with E-state index in [0.29, 0.717) is 12.5 Å². The van der Waals surface area contributed by atoms with Crippen LogP contribution in [0.25, 0.3) is 0 Å². The second-order valence-corrected chi connectivity index (χ2v) is 3.59. The highest BCUT2D eigenvalue weighted by Gasteiger charge is 2.09. The summed E-state index contributed by atoms with van der Waals surface area (Å²) in [6.45, 7) is 7.02. The van der Waals surface area contributed by atoms with Crippen LogP contribution in [0.4, 0.5) is 0 Å². The van der Waals surface area contributed by atoms with Crippen LogP contribution in [0.5, 0.6) is 0 Å². The van der Waals surface area contributed by atoms with Crippen LogP contribution < -0.4 is 0 Å². The summed E-state index contributed by atoms with van der Waals surface area (Å²) < 4.78 is 0. The number of hydrogen-bond acceptors (Lipinski definition) is 1. The summed E-state index contributed by atoms with van der Waals surface area (Å²) in [5.41, 5.74) is 0. The van der Waals surface area contributed by atoms with Crippen LogP contribution in [0.1, 0.15) is 46.5 Å². The van der Waals surface area contributed by atoms with E-state index in [9.17, 15) is 0 Å². The van der Waals surface area contributed by atoms with Gasteiger partial charge in [0.1, 0.15) is 0 Å². The van der Waals surface area contributed by atoms with Crippen molar-refractivity contribution < 1.29 is 5.11 Å². The third-order valence-corrected chi connectivity index (χ3v) is 2.35. The van der Waals surface area contributed by atoms with E-state index in [4.69, 9.17) is 5.11 Å². The van der Waals surface area contributed by atoms with Gasteiger partial charge in [0.2, 0.25) is 0 Å². The van der Waals surface area contributed by atoms with E-state index < -0.39 is 0 Å². The predicted octanol–water partition coefficient (Wildman–Crippen LogP) is 2.83. The van der Waals surface area contributed by atoms with Gasteiger partial charge in [-0.15, -0.1) is 0 Å². The van der Waals surface area contributed by atoms with Gasteiger partial charge in [0.25, 0.3) is 0 Å². The van der Waals surface area contributed by atoms with Crippen LogP contribution in [-0.2, 0) is 0 Å². The fourth-order valence-electron chi connectivity index (χ4n) is 1.55. The number of aliphatic hydroxyl groups is 1. The molecule has 0 radical (unpaired) electrons. The summed E-state index contributed by atoms with van der Waals surface area (Å²) in [6, 6.07) is 0. The van der Waals surface area contributed by atoms with Crippen molar-refractivity contribution in [1.82, 2.24) is 0 Å². The molecule has 0 saturated heterocycles. The molecule has 0 aromatic carbocycles. The van der Waals surface area contributed by atoms with Gasteiger partial charge in [0.15, 0.2) is 0 Å². The van der Waals surface area contributed by atoms with Gasteiger partial charge in [0, 0.05) is 6.61 Å². The molecule has 0 saturated carbocycles. The van der Waals surface area contributed by atoms with Crippen molar-refractivity contribution in [3.63, 3.8) is 0 Å². The zero-order valence-corrected chi connectivity index (χ0v) is 8.14. The Hall–Kier alpha value is -0.0400. The first kappa shape index (κ1) is 11.0. The topological polar surface area (TPSA) is 20.2 Å². The summed E-state index contributed by atoms with van der Waals surface area (Å²) in [4.78, 5) is 0. The quantitative estimate of drug-likeness (QED) is 0.630. The molecule has 1 N–H and O–H groups in total. The zero-order chi connectivity index (χ0) is 8.69. The highest BCUT2D eigenvalue weighted by atomic mass is 16.3. The zero-order valence-electron chi connectivity index (χ0n) is 8.14. The summed E-state index contributed by atoms with van der Waals surface area (Å²) >= 11 is 0. The minimum atomic E-state index is 0.366. The molecule has 0 fully saturated rings. The Morgan fingerprint density at radius 3 is 2.27 bits per heavy atom. The van der Waals surface area contributed by atoms with E-state index in [1.54, 1.807) is 0 Å². The molecule has 0 aliphatic heterocycles. The summed E-state index contributed by atoms with van der Waals surface area (Å²) in [5, 5.41) is 8.94. The first-order valence-corrected chi connectivity index (χ1v) is 4.85. The number of aliphatic hydroxyl groups excluding tert-OH is 1. The van der Waals surface area contributed by atoms with E-state index in [1.165, 1.54) is 19.3 Å². The second kappa shape index (κ2) is 6.66. The molecule has 0 rings (SSSR count). The van der Waals surface area contributed by atoms with Gasteiger partial charge in [-0.25, -0.2) is 0 Å². The summed E-state index contributed by atoms with van der Waals surface area (Å²) in [7, 11) is 0. The maximum absolute atomic E-state index is 8.94. The normalized spacial score (nSPS) is 16.4. The van der Waals surface area contributed by atoms with E-state index in [1.807, 2.05) is 0 Å². The van der Waals surface area contributed by atoms with Crippen LogP contribution in [0.15, 0.2) is 0 Å². The van der Waals surface area contributed by atoms with Crippen LogP contribution in [0, 0.1) is 11.8 Å². The monoisotopic (exact) mass is 158 g/mol. The third-order valence-electron chi connectivity index (χ3n) is 2.35. The van der Waals surface area contributed by atoms with Gasteiger partial charge in [-0.3, -0.25) is 0 Å². The Bertz CT molecular complexity index is 76.9. The molecule has 0 bridgehead atoms. The average Bonchev–Trinajstić information content (AvgIpc) is 2.01. The molecule has 0 aromatic heterocycles. The lowest BCUT2D eigenvalue weighted by atomic mass is 9.91. The predicted molar refractivity (Wildman–Crippen MR) is 49.6 cm³/mol. The van der Waals surface area contributed by atoms with Crippen molar-refractivity contribution in [2.75, 3.05) is 6.61 Å². The first-order chi connectivity index (χ1) is 5.24. The van der Waals surface area contributed by atoms with E-state index >= 15 is 0 Å². The molecule has 0 unspecified atom stereocenters. The van der Waals surface area contributed by atoms with Gasteiger partial charge in [0.05, 0.1) is 0 Å². The van der Waals surface area contributed by atoms with Crippen molar-refractivity contribution in [1.29, 1.82) is 0 Å². The smallest absolute Gasteiger partial charge is 0.0459 e. The average molecular weight is 158 g/mol. The lowest BCUT2D eigenvalue weighted by Gasteiger charge is -2.16. The molecule has 0 spiro atoms. The van der Waals surface area contributed by atoms with Gasteiger partial charge < -0.3 is 5.11 Å². The fraction of sp³-hybridized carbons (Fsp3) is 1.00. The molecule has 0 amide bonds. The molecule has 11 heavy (non-hydrogen) atoms. The van der Waals surface area contributed by atoms with Gasteiger partial charge in [-0.05, 0) is 18.3 Å². The van der Waals surface area contributed by atoms with Crippen molar-refractivity contribution in [2.24, 2.45) is 11.8 Å². The largest absolute Gasteiger partial charge is 0.396 e. The first-order valence-electron chi connectivity index (χ1n) is 4.85. The van der Waals surface area contributed by atoms with Crippen LogP contribution in [-0.4, -0.2) is 11.7 Å². The Labute approximate surface area is 70.8 Å². The molecule has 0 heterocycles. The Morgan fingerprint density at radius 2 is 1.91 bits per heavy atom. The Morgan fingerprint density at radius 1 is 1.27 bits per heavy atom. The Kier molecular flexibility index (Phi) is 6.63. The molecule has 1 nitrogen and oxygen atoms in total. The fourth-order valence-corrected chi connectivity index (χ4v) is 1.55. The standard InChI is InChI=1S/C10H22O/c1-4-6-9(3)7-10(5-2)8-11/h9-11H,4-8H2,1-3H3/t9-,10+/m0/s1. The van der Waals surface area contributed by atoms with E-state index in [0.717, 1.165) is 12.3 Å². The van der Waals surface area contributed by atoms with Crippen LogP contribution in [0.2, 0.25) is 0 Å². The van der Waals surface area contributed by atoms with Gasteiger partial charge >= 0.3 is 0 Å². The molecule has 68 valence electrons. The second-order valence-electron chi connectivity index (χ2n) is 3.59. The summed E-state index contributed by atoms with van der Waals surface area (Å²) in [5.74, 6) is 1.33. The van der Waals surface area contributed by atoms with E-state index in [2.05, 4.69) is 20.8 Å². The summed E-state index contributed by atoms with van der Waals surface area (Å²) in [6.07, 6.45) is 4.88. The number of rotatable bonds is 6. The van der Waals surface area contributed by atoms with Crippen molar-refractivity contribution >= 4 is 0 Å². The highest BCUT2D eigenvalue weighted by Crippen LogP contribution is 2.18. The van der Waals surface area contributed by atoms with Gasteiger partial charge in [-0.1, -0.05) is 40.0 Å². The lowest BCUT2D eigenvalue weighted by molar-refractivity contribution is 0.197. The molecular formula is C10H22O. The van der Waals surface area contributed by atoms with E-state index in [-0.39, 0.29) is 0 Å². The molecular weight excluding hydrogens is 136 g/mol. The maximum atomic E-state index is 8.94. The molecule has 2 atom stereocenters. The van der Waals surface area contributed by atoms with Gasteiger partial charge in [-0.2, -0.15) is 0 Å².